The van der Waals surface area contributed by atoms with E-state index in [1.165, 1.54) is 5.57 Å². The van der Waals surface area contributed by atoms with E-state index in [1.807, 2.05) is 18.2 Å². The summed E-state index contributed by atoms with van der Waals surface area (Å²) < 4.78 is 0. The normalized spacial score (nSPS) is 23.3. The maximum Gasteiger partial charge on any atom is 0.000678 e. The molecular weight excluding hydrogens is 132 g/mol. The van der Waals surface area contributed by atoms with Crippen LogP contribution in [-0.4, -0.2) is 0 Å². The Hall–Kier alpha value is -1.26. The lowest BCUT2D eigenvalue weighted by Gasteiger charge is -2.03. The van der Waals surface area contributed by atoms with E-state index in [9.17, 15) is 0 Å². The quantitative estimate of drug-likeness (QED) is 0.362. The molecule has 0 heteroatoms. The van der Waals surface area contributed by atoms with E-state index in [1.54, 1.807) is 0 Å². The van der Waals surface area contributed by atoms with Crippen molar-refractivity contribution in [2.45, 2.75) is 12.8 Å². The fraction of sp³-hybridized carbons (Fsp3) is 0.182. The van der Waals surface area contributed by atoms with Gasteiger partial charge in [0.2, 0.25) is 0 Å². The first-order valence-electron chi connectivity index (χ1n) is 3.71. The Bertz CT molecular complexity index is 258. The first-order valence-corrected chi connectivity index (χ1v) is 3.71. The third-order valence-electron chi connectivity index (χ3n) is 1.62. The van der Waals surface area contributed by atoms with Crippen LogP contribution in [-0.2, 0) is 0 Å². The van der Waals surface area contributed by atoms with E-state index < -0.39 is 0 Å². The van der Waals surface area contributed by atoms with Crippen molar-refractivity contribution in [3.63, 3.8) is 0 Å². The molecule has 0 aromatic carbocycles. The van der Waals surface area contributed by atoms with Gasteiger partial charge in [0.1, 0.15) is 0 Å². The molecule has 0 aromatic heterocycles. The van der Waals surface area contributed by atoms with E-state index in [-0.39, 0.29) is 0 Å². The van der Waals surface area contributed by atoms with Gasteiger partial charge in [-0.25, -0.2) is 0 Å². The highest BCUT2D eigenvalue weighted by atomic mass is 14.0. The molecule has 56 valence electrons. The van der Waals surface area contributed by atoms with Crippen molar-refractivity contribution in [2.75, 3.05) is 0 Å². The van der Waals surface area contributed by atoms with Gasteiger partial charge in [-0.15, -0.1) is 5.73 Å². The van der Waals surface area contributed by atoms with Crippen molar-refractivity contribution in [2.24, 2.45) is 0 Å². The molecule has 0 fully saturated rings. The van der Waals surface area contributed by atoms with Crippen LogP contribution in [0.3, 0.4) is 0 Å². The summed E-state index contributed by atoms with van der Waals surface area (Å²) in [5.74, 6) is 0. The van der Waals surface area contributed by atoms with Gasteiger partial charge >= 0.3 is 0 Å². The Kier molecular flexibility index (Phi) is 2.71. The highest BCUT2D eigenvalue weighted by Crippen LogP contribution is 2.15. The molecule has 0 saturated carbocycles. The summed E-state index contributed by atoms with van der Waals surface area (Å²) in [4.78, 5) is 0. The largest absolute Gasteiger partial charge is 0.125 e. The van der Waals surface area contributed by atoms with Crippen LogP contribution >= 0.6 is 0 Å². The molecule has 0 aromatic rings. The number of hydrogen-bond acceptors (Lipinski definition) is 0. The third-order valence-corrected chi connectivity index (χ3v) is 1.62. The monoisotopic (exact) mass is 144 g/mol. The lowest BCUT2D eigenvalue weighted by Crippen LogP contribution is -1.84. The Labute approximate surface area is 67.9 Å². The molecule has 11 heavy (non-hydrogen) atoms. The number of allylic oxidation sites excluding steroid dienone is 6. The first kappa shape index (κ1) is 7.84. The fourth-order valence-corrected chi connectivity index (χ4v) is 1.01. The maximum atomic E-state index is 3.94. The minimum absolute atomic E-state index is 0.907. The summed E-state index contributed by atoms with van der Waals surface area (Å²) in [5.41, 5.74) is 5.23. The first-order chi connectivity index (χ1) is 5.33. The van der Waals surface area contributed by atoms with E-state index in [0.717, 1.165) is 18.4 Å². The van der Waals surface area contributed by atoms with Gasteiger partial charge in [0.25, 0.3) is 0 Å². The molecule has 0 atom stereocenters. The molecule has 0 aliphatic heterocycles. The summed E-state index contributed by atoms with van der Waals surface area (Å²) in [6.07, 6.45) is 10.0. The van der Waals surface area contributed by atoms with Gasteiger partial charge in [-0.1, -0.05) is 43.0 Å². The molecule has 1 aliphatic rings. The second-order valence-electron chi connectivity index (χ2n) is 2.62. The van der Waals surface area contributed by atoms with E-state index in [0.29, 0.717) is 0 Å². The predicted molar refractivity (Wildman–Crippen MR) is 49.3 cm³/mol. The molecule has 0 unspecified atom stereocenters. The molecule has 0 amide bonds. The smallest absolute Gasteiger partial charge is 0.000678 e. The highest BCUT2D eigenvalue weighted by molar-refractivity contribution is 5.28. The van der Waals surface area contributed by atoms with Gasteiger partial charge < -0.3 is 0 Å². The van der Waals surface area contributed by atoms with E-state index >= 15 is 0 Å². The number of hydrogen-bond donors (Lipinski definition) is 0. The van der Waals surface area contributed by atoms with Crippen molar-refractivity contribution < 1.29 is 0 Å². The summed E-state index contributed by atoms with van der Waals surface area (Å²) in [6.45, 7) is 7.55. The molecule has 0 N–H and O–H groups in total. The van der Waals surface area contributed by atoms with Crippen molar-refractivity contribution in [3.8, 4) is 0 Å². The molecular formula is C11H12. The Morgan fingerprint density at radius 1 is 1.36 bits per heavy atom. The van der Waals surface area contributed by atoms with Crippen LogP contribution in [0.4, 0.5) is 0 Å². The van der Waals surface area contributed by atoms with Gasteiger partial charge in [0, 0.05) is 6.42 Å². The molecule has 1 rings (SSSR count). The molecule has 0 saturated heterocycles. The topological polar surface area (TPSA) is 0 Å². The summed E-state index contributed by atoms with van der Waals surface area (Å²) in [6, 6.07) is 0. The maximum absolute atomic E-state index is 3.94. The van der Waals surface area contributed by atoms with Gasteiger partial charge in [-0.2, -0.15) is 0 Å². The minimum atomic E-state index is 0.907. The molecule has 0 radical (unpaired) electrons. The Balaban J connectivity index is 2.84. The third kappa shape index (κ3) is 2.45. The fourth-order valence-electron chi connectivity index (χ4n) is 1.01. The standard InChI is InChI=1S/C11H12/c1-3-11-8-6-4-5-7-10(2)9-11/h4-6,8H,1-2,7,9H2/b5-4-,8-6-. The molecule has 0 nitrogen and oxygen atoms in total. The lowest BCUT2D eigenvalue weighted by molar-refractivity contribution is 1.08. The van der Waals surface area contributed by atoms with Crippen molar-refractivity contribution in [1.82, 2.24) is 0 Å². The molecule has 1 aliphatic carbocycles. The van der Waals surface area contributed by atoms with Gasteiger partial charge in [-0.3, -0.25) is 0 Å². The minimum Gasteiger partial charge on any atom is -0.125 e. The van der Waals surface area contributed by atoms with Gasteiger partial charge in [0.05, 0.1) is 0 Å². The average Bonchev–Trinajstić information content (AvgIpc) is 1.96. The number of rotatable bonds is 0. The average molecular weight is 144 g/mol. The van der Waals surface area contributed by atoms with Crippen molar-refractivity contribution >= 4 is 0 Å². The van der Waals surface area contributed by atoms with Crippen molar-refractivity contribution in [1.29, 1.82) is 0 Å². The van der Waals surface area contributed by atoms with Crippen LogP contribution in [0.5, 0.6) is 0 Å². The second-order valence-corrected chi connectivity index (χ2v) is 2.62. The Morgan fingerprint density at radius 3 is 2.91 bits per heavy atom. The van der Waals surface area contributed by atoms with Crippen LogP contribution in [0.1, 0.15) is 12.8 Å². The predicted octanol–water partition coefficient (Wildman–Crippen LogP) is 3.16. The molecule has 0 bridgehead atoms. The summed E-state index contributed by atoms with van der Waals surface area (Å²) in [7, 11) is 0. The van der Waals surface area contributed by atoms with Gasteiger partial charge in [0.15, 0.2) is 0 Å². The zero-order valence-corrected chi connectivity index (χ0v) is 6.64. The summed E-state index contributed by atoms with van der Waals surface area (Å²) >= 11 is 0. The van der Waals surface area contributed by atoms with Crippen LogP contribution in [0.2, 0.25) is 0 Å². The second kappa shape index (κ2) is 3.80. The van der Waals surface area contributed by atoms with Crippen LogP contribution in [0, 0.1) is 0 Å². The molecule has 0 spiro atoms. The molecule has 0 heterocycles. The Morgan fingerprint density at radius 2 is 2.18 bits per heavy atom. The van der Waals surface area contributed by atoms with Crippen LogP contribution in [0.25, 0.3) is 0 Å². The zero-order chi connectivity index (χ0) is 8.10. The summed E-state index contributed by atoms with van der Waals surface area (Å²) in [5, 5.41) is 0. The lowest BCUT2D eigenvalue weighted by atomic mass is 10.0. The van der Waals surface area contributed by atoms with Gasteiger partial charge in [-0.05, 0) is 12.0 Å². The van der Waals surface area contributed by atoms with Crippen LogP contribution in [0.15, 0.2) is 54.3 Å². The van der Waals surface area contributed by atoms with Crippen molar-refractivity contribution in [3.05, 3.63) is 54.3 Å². The highest BCUT2D eigenvalue weighted by Gasteiger charge is 1.96. The van der Waals surface area contributed by atoms with E-state index in [4.69, 9.17) is 0 Å². The zero-order valence-electron chi connectivity index (χ0n) is 6.64. The van der Waals surface area contributed by atoms with Crippen LogP contribution < -0.4 is 0 Å². The SMILES string of the molecule is C=C=C1/C=C\C=C/CC(=C)C1. The van der Waals surface area contributed by atoms with E-state index in [2.05, 4.69) is 25.0 Å².